The third-order valence-corrected chi connectivity index (χ3v) is 4.14. The van der Waals surface area contributed by atoms with Crippen LogP contribution < -0.4 is 4.90 Å². The molecule has 1 atom stereocenters. The van der Waals surface area contributed by atoms with E-state index in [1.165, 1.54) is 21.7 Å². The van der Waals surface area contributed by atoms with Gasteiger partial charge in [-0.3, -0.25) is 0 Å². The first-order valence-electron chi connectivity index (χ1n) is 7.27. The molecule has 20 heavy (non-hydrogen) atoms. The first kappa shape index (κ1) is 14.9. The van der Waals surface area contributed by atoms with E-state index < -0.39 is 0 Å². The van der Waals surface area contributed by atoms with Crippen molar-refractivity contribution in [1.29, 1.82) is 0 Å². The first-order chi connectivity index (χ1) is 9.49. The Morgan fingerprint density at radius 3 is 2.45 bits per heavy atom. The molecule has 2 aromatic rings. The summed E-state index contributed by atoms with van der Waals surface area (Å²) in [6.07, 6.45) is 2.00. The normalized spacial score (nSPS) is 13.2. The Morgan fingerprint density at radius 1 is 1.25 bits per heavy atom. The van der Waals surface area contributed by atoms with Crippen LogP contribution in [0, 0.1) is 6.92 Å². The van der Waals surface area contributed by atoms with E-state index in [0.29, 0.717) is 0 Å². The highest BCUT2D eigenvalue weighted by atomic mass is 16.5. The lowest BCUT2D eigenvalue weighted by molar-refractivity contribution is -0.0980. The molecule has 2 N–H and O–H groups in total. The molecule has 0 saturated carbocycles. The number of fused-ring (bicyclic) bond motifs is 1. The molecule has 1 heterocycles. The highest BCUT2D eigenvalue weighted by Crippen LogP contribution is 2.32. The number of nitrogens with one attached hydrogen (secondary N) is 1. The fourth-order valence-corrected chi connectivity index (χ4v) is 2.73. The van der Waals surface area contributed by atoms with E-state index in [2.05, 4.69) is 42.8 Å². The number of H-pyrrole nitrogens is 1. The minimum Gasteiger partial charge on any atom is -0.372 e. The van der Waals surface area contributed by atoms with Crippen molar-refractivity contribution >= 4 is 16.6 Å². The highest BCUT2D eigenvalue weighted by molar-refractivity contribution is 5.89. The maximum atomic E-state index is 9.70. The van der Waals surface area contributed by atoms with Crippen molar-refractivity contribution < 1.29 is 5.21 Å². The Morgan fingerprint density at radius 2 is 1.90 bits per heavy atom. The maximum Gasteiger partial charge on any atom is 0.0589 e. The Labute approximate surface area is 121 Å². The first-order valence-corrected chi connectivity index (χ1v) is 7.27. The van der Waals surface area contributed by atoms with Gasteiger partial charge in [-0.1, -0.05) is 0 Å². The summed E-state index contributed by atoms with van der Waals surface area (Å²) in [5, 5.41) is 12.1. The van der Waals surface area contributed by atoms with Crippen molar-refractivity contribution in [2.24, 2.45) is 0 Å². The van der Waals surface area contributed by atoms with Gasteiger partial charge in [-0.05, 0) is 51.0 Å². The lowest BCUT2D eigenvalue weighted by Gasteiger charge is -2.23. The molecule has 0 aliphatic rings. The number of anilines is 1. The van der Waals surface area contributed by atoms with Crippen molar-refractivity contribution in [3.05, 3.63) is 29.5 Å². The Kier molecular flexibility index (Phi) is 4.35. The lowest BCUT2D eigenvalue weighted by Crippen LogP contribution is -2.22. The number of aryl methyl sites for hydroxylation is 1. The maximum absolute atomic E-state index is 9.70. The molecule has 1 aromatic carbocycles. The fourth-order valence-electron chi connectivity index (χ4n) is 2.73. The minimum atomic E-state index is -0.0323. The second kappa shape index (κ2) is 5.85. The van der Waals surface area contributed by atoms with E-state index >= 15 is 0 Å². The van der Waals surface area contributed by atoms with E-state index in [4.69, 9.17) is 0 Å². The smallest absolute Gasteiger partial charge is 0.0589 e. The van der Waals surface area contributed by atoms with Gasteiger partial charge in [0.05, 0.1) is 6.04 Å². The van der Waals surface area contributed by atoms with Gasteiger partial charge in [-0.15, -0.1) is 0 Å². The van der Waals surface area contributed by atoms with Crippen LogP contribution in [0.25, 0.3) is 10.9 Å². The third-order valence-electron chi connectivity index (χ3n) is 4.14. The van der Waals surface area contributed by atoms with Crippen molar-refractivity contribution in [2.75, 3.05) is 25.0 Å². The molecule has 0 fully saturated rings. The van der Waals surface area contributed by atoms with Crippen LogP contribution in [0.3, 0.4) is 0 Å². The summed E-state index contributed by atoms with van der Waals surface area (Å²) in [6.45, 7) is 10.5. The highest BCUT2D eigenvalue weighted by Gasteiger charge is 2.16. The average Bonchev–Trinajstić information content (AvgIpc) is 2.83. The molecule has 0 radical (unpaired) electrons. The number of aromatic amines is 1. The van der Waals surface area contributed by atoms with Crippen LogP contribution in [0.1, 0.15) is 37.9 Å². The van der Waals surface area contributed by atoms with E-state index in [1.807, 2.05) is 13.1 Å². The van der Waals surface area contributed by atoms with Crippen molar-refractivity contribution in [3.8, 4) is 0 Å². The number of nitrogens with zero attached hydrogens (tertiary/aromatic N) is 2. The lowest BCUT2D eigenvalue weighted by atomic mass is 10.0. The molecule has 1 unspecified atom stereocenters. The molecule has 4 nitrogen and oxygen atoms in total. The van der Waals surface area contributed by atoms with Gasteiger partial charge in [-0.2, -0.15) is 5.06 Å². The molecule has 0 amide bonds. The molecular formula is C16H25N3O. The number of hydroxylamine groups is 2. The molecule has 0 saturated heterocycles. The van der Waals surface area contributed by atoms with E-state index in [-0.39, 0.29) is 6.04 Å². The van der Waals surface area contributed by atoms with Crippen LogP contribution in [0.4, 0.5) is 5.69 Å². The zero-order valence-corrected chi connectivity index (χ0v) is 13.1. The summed E-state index contributed by atoms with van der Waals surface area (Å²) in [7, 11) is 1.69. The van der Waals surface area contributed by atoms with Gasteiger partial charge in [0.15, 0.2) is 0 Å². The van der Waals surface area contributed by atoms with Gasteiger partial charge >= 0.3 is 0 Å². The summed E-state index contributed by atoms with van der Waals surface area (Å²) in [6, 6.07) is 4.42. The number of hydrogen-bond acceptors (Lipinski definition) is 3. The predicted molar refractivity (Wildman–Crippen MR) is 84.6 cm³/mol. The molecular weight excluding hydrogens is 250 g/mol. The van der Waals surface area contributed by atoms with E-state index in [9.17, 15) is 5.21 Å². The predicted octanol–water partition coefficient (Wildman–Crippen LogP) is 3.70. The molecule has 0 aliphatic heterocycles. The molecule has 4 heteroatoms. The summed E-state index contributed by atoms with van der Waals surface area (Å²) in [5.41, 5.74) is 4.77. The Balaban J connectivity index is 2.58. The Hall–Kier alpha value is -1.52. The molecule has 110 valence electrons. The molecule has 1 aromatic heterocycles. The second-order valence-electron chi connectivity index (χ2n) is 5.35. The van der Waals surface area contributed by atoms with Crippen molar-refractivity contribution in [1.82, 2.24) is 10.0 Å². The fraction of sp³-hybridized carbons (Fsp3) is 0.500. The van der Waals surface area contributed by atoms with Gasteiger partial charge in [-0.25, -0.2) is 0 Å². The van der Waals surface area contributed by atoms with Gasteiger partial charge in [0, 0.05) is 42.9 Å². The van der Waals surface area contributed by atoms with Gasteiger partial charge in [0.1, 0.15) is 0 Å². The minimum absolute atomic E-state index is 0.0323. The zero-order chi connectivity index (χ0) is 14.9. The summed E-state index contributed by atoms with van der Waals surface area (Å²) in [4.78, 5) is 5.68. The second-order valence-corrected chi connectivity index (χ2v) is 5.35. The molecule has 0 aliphatic carbocycles. The van der Waals surface area contributed by atoms with Crippen LogP contribution in [0.15, 0.2) is 18.3 Å². The number of hydrogen-bond donors (Lipinski definition) is 2. The van der Waals surface area contributed by atoms with Gasteiger partial charge in [0.2, 0.25) is 0 Å². The topological polar surface area (TPSA) is 42.5 Å². The monoisotopic (exact) mass is 275 g/mol. The summed E-state index contributed by atoms with van der Waals surface area (Å²) >= 11 is 0. The van der Waals surface area contributed by atoms with E-state index in [0.717, 1.165) is 24.2 Å². The summed E-state index contributed by atoms with van der Waals surface area (Å²) in [5.74, 6) is 0. The number of aromatic nitrogens is 1. The van der Waals surface area contributed by atoms with Gasteiger partial charge in [0.25, 0.3) is 0 Å². The van der Waals surface area contributed by atoms with Gasteiger partial charge < -0.3 is 15.1 Å². The van der Waals surface area contributed by atoms with Crippen LogP contribution >= 0.6 is 0 Å². The van der Waals surface area contributed by atoms with E-state index in [1.54, 1.807) is 7.05 Å². The summed E-state index contributed by atoms with van der Waals surface area (Å²) < 4.78 is 0. The zero-order valence-electron chi connectivity index (χ0n) is 13.1. The average molecular weight is 275 g/mol. The molecule has 0 spiro atoms. The number of rotatable bonds is 5. The van der Waals surface area contributed by atoms with Crippen LogP contribution in [0.5, 0.6) is 0 Å². The largest absolute Gasteiger partial charge is 0.372 e. The molecule has 0 bridgehead atoms. The quantitative estimate of drug-likeness (QED) is 0.818. The van der Waals surface area contributed by atoms with Crippen LogP contribution in [0.2, 0.25) is 0 Å². The van der Waals surface area contributed by atoms with Crippen molar-refractivity contribution in [2.45, 2.75) is 33.7 Å². The molecule has 2 rings (SSSR count). The van der Waals surface area contributed by atoms with Crippen LogP contribution in [-0.4, -0.2) is 35.4 Å². The van der Waals surface area contributed by atoms with Crippen LogP contribution in [-0.2, 0) is 0 Å². The Bertz CT molecular complexity index is 585. The third kappa shape index (κ3) is 2.53. The SMILES string of the molecule is CCN(CC)c1cc(C)c2[nH]cc(C(C)N(C)O)c2c1. The number of benzene rings is 1. The van der Waals surface area contributed by atoms with Crippen molar-refractivity contribution in [3.63, 3.8) is 0 Å². The standard InChI is InChI=1S/C16H25N3O/c1-6-19(7-2)13-8-11(3)16-14(9-13)15(10-17-16)12(4)18(5)20/h8-10,12,17,20H,6-7H2,1-5H3.